The molecule has 11 heteroatoms. The Bertz CT molecular complexity index is 1370. The number of aromatic nitrogens is 3. The van der Waals surface area contributed by atoms with Gasteiger partial charge >= 0.3 is 0 Å². The van der Waals surface area contributed by atoms with E-state index >= 15 is 0 Å². The van der Waals surface area contributed by atoms with Gasteiger partial charge in [0.25, 0.3) is 0 Å². The maximum atomic E-state index is 12.5. The third kappa shape index (κ3) is 6.35. The molecule has 1 atom stereocenters. The zero-order valence-corrected chi connectivity index (χ0v) is 22.4. The molecule has 3 aromatic rings. The Morgan fingerprint density at radius 3 is 2.64 bits per heavy atom. The van der Waals surface area contributed by atoms with E-state index in [4.69, 9.17) is 4.74 Å². The van der Waals surface area contributed by atoms with Crippen LogP contribution < -0.4 is 0 Å². The van der Waals surface area contributed by atoms with E-state index in [-0.39, 0.29) is 17.5 Å². The Morgan fingerprint density at radius 2 is 2.03 bits per heavy atom. The van der Waals surface area contributed by atoms with Gasteiger partial charge in [0.1, 0.15) is 12.8 Å². The van der Waals surface area contributed by atoms with Crippen molar-refractivity contribution in [3.63, 3.8) is 0 Å². The van der Waals surface area contributed by atoms with Crippen LogP contribution in [0.5, 0.6) is 0 Å². The molecule has 0 spiro atoms. The van der Waals surface area contributed by atoms with Crippen LogP contribution in [-0.2, 0) is 32.0 Å². The fourth-order valence-corrected chi connectivity index (χ4v) is 5.07. The summed E-state index contributed by atoms with van der Waals surface area (Å²) in [6, 6.07) is 8.71. The average molecular weight is 504 g/mol. The van der Waals surface area contributed by atoms with Gasteiger partial charge in [0.05, 0.1) is 33.3 Å². The normalized spacial score (nSPS) is 13.1. The smallest absolute Gasteiger partial charge is 0.218 e. The molecule has 0 fully saturated rings. The van der Waals surface area contributed by atoms with Crippen LogP contribution in [-0.4, -0.2) is 56.4 Å². The lowest BCUT2D eigenvalue weighted by atomic mass is 10.1. The number of fused-ring (bicyclic) bond motifs is 1. The highest BCUT2D eigenvalue weighted by atomic mass is 32.2. The number of nitrogens with zero attached hydrogens (tertiary/aromatic N) is 5. The number of hydrogen-bond donors (Lipinski definition) is 0. The molecule has 176 valence electrons. The van der Waals surface area contributed by atoms with Crippen molar-refractivity contribution in [2.24, 2.45) is 4.36 Å². The van der Waals surface area contributed by atoms with Gasteiger partial charge in [-0.15, -0.1) is 0 Å². The zero-order chi connectivity index (χ0) is 24.4. The van der Waals surface area contributed by atoms with Gasteiger partial charge in [-0.2, -0.15) is 9.62 Å². The third-order valence-corrected chi connectivity index (χ3v) is 7.87. The van der Waals surface area contributed by atoms with Crippen LogP contribution in [0.2, 0.25) is 25.7 Å². The maximum Gasteiger partial charge on any atom is 0.218 e. The van der Waals surface area contributed by atoms with Crippen LogP contribution in [0.3, 0.4) is 0 Å². The molecular weight excluding hydrogens is 474 g/mol. The Balaban J connectivity index is 2.21. The minimum Gasteiger partial charge on any atom is -0.361 e. The van der Waals surface area contributed by atoms with E-state index in [9.17, 15) is 13.7 Å². The molecule has 1 aromatic carbocycles. The predicted molar refractivity (Wildman–Crippen MR) is 136 cm³/mol. The SMILES string of the molecule is CS(=O)c1ncc(C#N)c(-c2cn(COCC[Si](C)(C)C)c3c(N=S(C)(C)=O)cccc23)n1. The quantitative estimate of drug-likeness (QED) is 0.256. The summed E-state index contributed by atoms with van der Waals surface area (Å²) in [7, 11) is -5.05. The first-order chi connectivity index (χ1) is 15.4. The van der Waals surface area contributed by atoms with Crippen molar-refractivity contribution in [1.82, 2.24) is 14.5 Å². The Kier molecular flexibility index (Phi) is 7.53. The maximum absolute atomic E-state index is 12.5. The van der Waals surface area contributed by atoms with E-state index in [0.29, 0.717) is 23.6 Å². The first-order valence-electron chi connectivity index (χ1n) is 10.4. The van der Waals surface area contributed by atoms with Gasteiger partial charge < -0.3 is 9.30 Å². The van der Waals surface area contributed by atoms with Gasteiger partial charge in [-0.25, -0.2) is 14.2 Å². The zero-order valence-electron chi connectivity index (χ0n) is 19.8. The summed E-state index contributed by atoms with van der Waals surface area (Å²) >= 11 is 0. The Morgan fingerprint density at radius 1 is 1.30 bits per heavy atom. The van der Waals surface area contributed by atoms with E-state index in [0.717, 1.165) is 16.9 Å². The topological polar surface area (TPSA) is 110 Å². The molecule has 0 saturated heterocycles. The van der Waals surface area contributed by atoms with Crippen LogP contribution in [0.25, 0.3) is 22.2 Å². The molecule has 1 unspecified atom stereocenters. The minimum absolute atomic E-state index is 0.155. The van der Waals surface area contributed by atoms with Crippen LogP contribution >= 0.6 is 0 Å². The molecule has 2 aromatic heterocycles. The van der Waals surface area contributed by atoms with E-state index in [1.807, 2.05) is 29.0 Å². The van der Waals surface area contributed by atoms with Crippen LogP contribution in [0, 0.1) is 11.3 Å². The molecule has 8 nitrogen and oxygen atoms in total. The highest BCUT2D eigenvalue weighted by Gasteiger charge is 2.20. The van der Waals surface area contributed by atoms with Gasteiger partial charge in [-0.1, -0.05) is 31.8 Å². The van der Waals surface area contributed by atoms with Gasteiger partial charge in [0.15, 0.2) is 0 Å². The number of ether oxygens (including phenoxy) is 1. The lowest BCUT2D eigenvalue weighted by Crippen LogP contribution is -2.21. The van der Waals surface area contributed by atoms with Gasteiger partial charge in [-0.05, 0) is 12.1 Å². The molecule has 0 aliphatic rings. The number of benzene rings is 1. The summed E-state index contributed by atoms with van der Waals surface area (Å²) in [5.41, 5.74) is 2.68. The summed E-state index contributed by atoms with van der Waals surface area (Å²) in [4.78, 5) is 8.49. The van der Waals surface area contributed by atoms with E-state index in [1.54, 1.807) is 12.5 Å². The molecule has 0 amide bonds. The highest BCUT2D eigenvalue weighted by Crippen LogP contribution is 2.37. The van der Waals surface area contributed by atoms with Crippen LogP contribution in [0.1, 0.15) is 5.56 Å². The fraction of sp³-hybridized carbons (Fsp3) is 0.409. The Labute approximate surface area is 198 Å². The standard InChI is InChI=1S/C22H29N5O3S2Si/c1-31(28)22-24-13-16(12-23)20(25-22)18-14-27(15-30-10-11-33(4,5)6)21-17(18)8-7-9-19(21)26-32(2,3)29/h7-9,13-14H,10-11,15H2,1-6H3. The number of rotatable bonds is 8. The molecule has 0 radical (unpaired) electrons. The molecule has 3 rings (SSSR count). The second-order valence-electron chi connectivity index (χ2n) is 9.29. The van der Waals surface area contributed by atoms with E-state index in [1.165, 1.54) is 12.5 Å². The van der Waals surface area contributed by atoms with Gasteiger partial charge in [-0.3, -0.25) is 4.21 Å². The third-order valence-electron chi connectivity index (χ3n) is 4.82. The van der Waals surface area contributed by atoms with Crippen molar-refractivity contribution < 1.29 is 13.2 Å². The monoisotopic (exact) mass is 503 g/mol. The molecule has 2 heterocycles. The van der Waals surface area contributed by atoms with Crippen LogP contribution in [0.4, 0.5) is 5.69 Å². The largest absolute Gasteiger partial charge is 0.361 e. The number of para-hydroxylation sites is 1. The summed E-state index contributed by atoms with van der Waals surface area (Å²) < 4.78 is 36.8. The van der Waals surface area contributed by atoms with Crippen LogP contribution in [0.15, 0.2) is 40.1 Å². The first kappa shape index (κ1) is 25.2. The Hall–Kier alpha value is -2.39. The number of nitriles is 1. The summed E-state index contributed by atoms with van der Waals surface area (Å²) in [6.07, 6.45) is 7.93. The fourth-order valence-electron chi connectivity index (χ4n) is 3.27. The molecule has 0 N–H and O–H groups in total. The van der Waals surface area contributed by atoms with Crippen molar-refractivity contribution in [3.8, 4) is 17.3 Å². The second-order valence-corrected chi connectivity index (χ2v) is 18.7. The van der Waals surface area contributed by atoms with Crippen molar-refractivity contribution in [3.05, 3.63) is 36.2 Å². The summed E-state index contributed by atoms with van der Waals surface area (Å²) in [5.74, 6) is 0. The lowest BCUT2D eigenvalue weighted by molar-refractivity contribution is 0.0903. The molecule has 0 aliphatic carbocycles. The van der Waals surface area contributed by atoms with Crippen molar-refractivity contribution >= 4 is 45.2 Å². The minimum atomic E-state index is -2.41. The molecule has 0 bridgehead atoms. The average Bonchev–Trinajstić information content (AvgIpc) is 3.08. The van der Waals surface area contributed by atoms with Gasteiger partial charge in [0, 0.05) is 66.5 Å². The molecule has 0 saturated carbocycles. The van der Waals surface area contributed by atoms with E-state index < -0.39 is 28.6 Å². The van der Waals surface area contributed by atoms with Crippen molar-refractivity contribution in [2.45, 2.75) is 37.6 Å². The van der Waals surface area contributed by atoms with Crippen molar-refractivity contribution in [1.29, 1.82) is 5.26 Å². The summed E-state index contributed by atoms with van der Waals surface area (Å²) in [6.45, 7) is 7.80. The van der Waals surface area contributed by atoms with Crippen molar-refractivity contribution in [2.75, 3.05) is 25.4 Å². The molecule has 33 heavy (non-hydrogen) atoms. The second kappa shape index (κ2) is 9.85. The predicted octanol–water partition coefficient (Wildman–Crippen LogP) is 4.38. The summed E-state index contributed by atoms with van der Waals surface area (Å²) in [5, 5.41) is 10.6. The molecular formula is C22H29N5O3S2Si. The highest BCUT2D eigenvalue weighted by molar-refractivity contribution is 7.92. The first-order valence-corrected chi connectivity index (χ1v) is 18.0. The van der Waals surface area contributed by atoms with Gasteiger partial charge in [0.2, 0.25) is 5.16 Å². The number of hydrogen-bond acceptors (Lipinski definition) is 7. The lowest BCUT2D eigenvalue weighted by Gasteiger charge is -2.16. The van der Waals surface area contributed by atoms with E-state index in [2.05, 4.69) is 40.0 Å². The molecule has 0 aliphatic heterocycles.